The number of nitrogens with two attached hydrogens (primary N) is 1. The van der Waals surface area contributed by atoms with Crippen LogP contribution in [0.3, 0.4) is 0 Å². The summed E-state index contributed by atoms with van der Waals surface area (Å²) in [7, 11) is -3.75. The molecule has 96 valence electrons. The van der Waals surface area contributed by atoms with E-state index in [2.05, 4.69) is 4.72 Å². The van der Waals surface area contributed by atoms with Crippen molar-refractivity contribution in [1.82, 2.24) is 0 Å². The van der Waals surface area contributed by atoms with E-state index in [-0.39, 0.29) is 11.6 Å². The smallest absolute Gasteiger partial charge is 0.295 e. The molecule has 2 rings (SSSR count). The van der Waals surface area contributed by atoms with E-state index < -0.39 is 10.0 Å². The topological polar surface area (TPSA) is 85.3 Å². The van der Waals surface area contributed by atoms with Gasteiger partial charge in [-0.05, 0) is 30.3 Å². The molecule has 1 heterocycles. The Morgan fingerprint density at radius 2 is 2.06 bits per heavy atom. The molecule has 0 saturated carbocycles. The van der Waals surface area contributed by atoms with Gasteiger partial charge in [-0.25, -0.2) is 0 Å². The molecule has 0 aliphatic rings. The highest BCUT2D eigenvalue weighted by Gasteiger charge is 2.18. The predicted octanol–water partition coefficient (Wildman–Crippen LogP) is 2.19. The fourth-order valence-corrected chi connectivity index (χ4v) is 2.56. The number of hydrogen-bond donors (Lipinski definition) is 2. The monoisotopic (exact) mass is 286 g/mol. The minimum Gasteiger partial charge on any atom is -0.446 e. The second-order valence-electron chi connectivity index (χ2n) is 3.54. The number of anilines is 1. The maximum atomic E-state index is 12.0. The van der Waals surface area contributed by atoms with Crippen molar-refractivity contribution in [1.29, 1.82) is 0 Å². The molecular formula is C11H11ClN2O3S. The largest absolute Gasteiger partial charge is 0.446 e. The Bertz CT molecular complexity index is 652. The van der Waals surface area contributed by atoms with Crippen molar-refractivity contribution < 1.29 is 12.8 Å². The van der Waals surface area contributed by atoms with Gasteiger partial charge in [-0.3, -0.25) is 4.72 Å². The fourth-order valence-electron chi connectivity index (χ4n) is 1.37. The van der Waals surface area contributed by atoms with E-state index in [0.717, 1.165) is 0 Å². The van der Waals surface area contributed by atoms with Gasteiger partial charge >= 0.3 is 0 Å². The Kier molecular flexibility index (Phi) is 3.60. The SMILES string of the molecule is NCc1ccc(S(=O)(=O)Nc2cccc(Cl)c2)o1. The quantitative estimate of drug-likeness (QED) is 0.902. The maximum absolute atomic E-state index is 12.0. The molecule has 0 aliphatic heterocycles. The first-order chi connectivity index (χ1) is 8.51. The Morgan fingerprint density at radius 1 is 1.28 bits per heavy atom. The van der Waals surface area contributed by atoms with Crippen LogP contribution in [0.25, 0.3) is 0 Å². The van der Waals surface area contributed by atoms with Crippen molar-refractivity contribution in [3.05, 3.63) is 47.2 Å². The molecule has 0 saturated heterocycles. The Hall–Kier alpha value is -1.50. The first kappa shape index (κ1) is 12.9. The predicted molar refractivity (Wildman–Crippen MR) is 68.9 cm³/mol. The fraction of sp³-hybridized carbons (Fsp3) is 0.0909. The molecule has 0 radical (unpaired) electrons. The Morgan fingerprint density at radius 3 is 2.67 bits per heavy atom. The number of halogens is 1. The molecule has 0 atom stereocenters. The number of furan rings is 1. The summed E-state index contributed by atoms with van der Waals surface area (Å²) in [5.74, 6) is 0.404. The average molecular weight is 287 g/mol. The molecule has 7 heteroatoms. The van der Waals surface area contributed by atoms with Crippen LogP contribution in [-0.2, 0) is 16.6 Å². The zero-order chi connectivity index (χ0) is 13.2. The first-order valence-corrected chi connectivity index (χ1v) is 6.94. The van der Waals surface area contributed by atoms with E-state index in [9.17, 15) is 8.42 Å². The summed E-state index contributed by atoms with van der Waals surface area (Å²) >= 11 is 5.77. The maximum Gasteiger partial charge on any atom is 0.295 e. The van der Waals surface area contributed by atoms with Crippen LogP contribution in [0.1, 0.15) is 5.76 Å². The van der Waals surface area contributed by atoms with Gasteiger partial charge in [0.25, 0.3) is 10.0 Å². The lowest BCUT2D eigenvalue weighted by molar-refractivity contribution is 0.417. The molecule has 0 spiro atoms. The summed E-state index contributed by atoms with van der Waals surface area (Å²) in [5.41, 5.74) is 5.72. The average Bonchev–Trinajstić information content (AvgIpc) is 2.77. The van der Waals surface area contributed by atoms with Crippen molar-refractivity contribution >= 4 is 27.3 Å². The van der Waals surface area contributed by atoms with Gasteiger partial charge in [0.2, 0.25) is 5.09 Å². The molecule has 5 nitrogen and oxygen atoms in total. The van der Waals surface area contributed by atoms with Crippen LogP contribution in [0.15, 0.2) is 45.9 Å². The number of rotatable bonds is 4. The minimum atomic E-state index is -3.75. The summed E-state index contributed by atoms with van der Waals surface area (Å²) in [5, 5.41) is 0.264. The van der Waals surface area contributed by atoms with E-state index in [1.807, 2.05) is 0 Å². The van der Waals surface area contributed by atoms with Crippen LogP contribution >= 0.6 is 11.6 Å². The van der Waals surface area contributed by atoms with Crippen LogP contribution in [0.5, 0.6) is 0 Å². The zero-order valence-corrected chi connectivity index (χ0v) is 10.8. The van der Waals surface area contributed by atoms with E-state index in [0.29, 0.717) is 16.5 Å². The minimum absolute atomic E-state index is 0.146. The van der Waals surface area contributed by atoms with Crippen LogP contribution < -0.4 is 10.5 Å². The highest BCUT2D eigenvalue weighted by molar-refractivity contribution is 7.92. The standard InChI is InChI=1S/C11H11ClN2O3S/c12-8-2-1-3-9(6-8)14-18(15,16)11-5-4-10(7-13)17-11/h1-6,14H,7,13H2. The van der Waals surface area contributed by atoms with E-state index >= 15 is 0 Å². The Labute approximate surface area is 110 Å². The van der Waals surface area contributed by atoms with Crippen LogP contribution in [-0.4, -0.2) is 8.42 Å². The molecule has 0 bridgehead atoms. The lowest BCUT2D eigenvalue weighted by Crippen LogP contribution is -2.12. The van der Waals surface area contributed by atoms with E-state index in [1.54, 1.807) is 18.2 Å². The molecule has 3 N–H and O–H groups in total. The molecular weight excluding hydrogens is 276 g/mol. The van der Waals surface area contributed by atoms with E-state index in [4.69, 9.17) is 21.8 Å². The van der Waals surface area contributed by atoms with Crippen molar-refractivity contribution in [2.75, 3.05) is 4.72 Å². The van der Waals surface area contributed by atoms with Crippen molar-refractivity contribution in [3.63, 3.8) is 0 Å². The number of sulfonamides is 1. The van der Waals surface area contributed by atoms with Gasteiger partial charge in [-0.1, -0.05) is 17.7 Å². The molecule has 0 fully saturated rings. The lowest BCUT2D eigenvalue weighted by Gasteiger charge is -2.05. The lowest BCUT2D eigenvalue weighted by atomic mass is 10.3. The number of benzene rings is 1. The number of nitrogens with one attached hydrogen (secondary N) is 1. The van der Waals surface area contributed by atoms with Gasteiger partial charge in [0.15, 0.2) is 0 Å². The van der Waals surface area contributed by atoms with Crippen LogP contribution in [0.4, 0.5) is 5.69 Å². The van der Waals surface area contributed by atoms with Crippen molar-refractivity contribution in [2.24, 2.45) is 5.73 Å². The van der Waals surface area contributed by atoms with Gasteiger partial charge in [0, 0.05) is 5.02 Å². The zero-order valence-electron chi connectivity index (χ0n) is 9.26. The van der Waals surface area contributed by atoms with Crippen molar-refractivity contribution in [3.8, 4) is 0 Å². The summed E-state index contributed by atoms with van der Waals surface area (Å²) in [6, 6.07) is 9.27. The second-order valence-corrected chi connectivity index (χ2v) is 5.59. The summed E-state index contributed by atoms with van der Waals surface area (Å²) in [6.07, 6.45) is 0. The van der Waals surface area contributed by atoms with Crippen molar-refractivity contribution in [2.45, 2.75) is 11.6 Å². The van der Waals surface area contributed by atoms with Gasteiger partial charge in [-0.15, -0.1) is 0 Å². The molecule has 18 heavy (non-hydrogen) atoms. The molecule has 2 aromatic rings. The van der Waals surface area contributed by atoms with Gasteiger partial charge in [-0.2, -0.15) is 8.42 Å². The third kappa shape index (κ3) is 2.84. The van der Waals surface area contributed by atoms with E-state index in [1.165, 1.54) is 18.2 Å². The van der Waals surface area contributed by atoms with Crippen LogP contribution in [0.2, 0.25) is 5.02 Å². The third-order valence-corrected chi connectivity index (χ3v) is 3.67. The summed E-state index contributed by atoms with van der Waals surface area (Å²) in [4.78, 5) is 0. The second kappa shape index (κ2) is 5.01. The summed E-state index contributed by atoms with van der Waals surface area (Å²) < 4.78 is 31.4. The van der Waals surface area contributed by atoms with Gasteiger partial charge in [0.05, 0.1) is 12.2 Å². The third-order valence-electron chi connectivity index (χ3n) is 2.18. The van der Waals surface area contributed by atoms with Crippen LogP contribution in [0, 0.1) is 0 Å². The molecule has 1 aromatic heterocycles. The summed E-state index contributed by atoms with van der Waals surface area (Å²) in [6.45, 7) is 0.146. The molecule has 0 aliphatic carbocycles. The Balaban J connectivity index is 2.27. The van der Waals surface area contributed by atoms with Gasteiger partial charge < -0.3 is 10.2 Å². The van der Waals surface area contributed by atoms with Gasteiger partial charge in [0.1, 0.15) is 5.76 Å². The number of hydrogen-bond acceptors (Lipinski definition) is 4. The molecule has 0 unspecified atom stereocenters. The molecule has 1 aromatic carbocycles. The normalized spacial score (nSPS) is 11.4. The molecule has 0 amide bonds. The first-order valence-electron chi connectivity index (χ1n) is 5.08. The highest BCUT2D eigenvalue weighted by atomic mass is 35.5. The highest BCUT2D eigenvalue weighted by Crippen LogP contribution is 2.20.